The van der Waals surface area contributed by atoms with E-state index in [1.165, 1.54) is 0 Å². The number of amides is 2. The minimum atomic E-state index is -0.874. The summed E-state index contributed by atoms with van der Waals surface area (Å²) >= 11 is -0.874. The van der Waals surface area contributed by atoms with Gasteiger partial charge in [-0.15, -0.1) is 0 Å². The van der Waals surface area contributed by atoms with E-state index in [9.17, 15) is 14.7 Å². The van der Waals surface area contributed by atoms with E-state index in [1.807, 2.05) is 0 Å². The molecule has 122 valence electrons. The molecule has 0 aromatic carbocycles. The zero-order chi connectivity index (χ0) is 16.2. The number of aliphatic hydroxyl groups is 1. The average molecular weight is 412 g/mol. The molecule has 1 aliphatic carbocycles. The summed E-state index contributed by atoms with van der Waals surface area (Å²) in [5.74, 6) is 0.0233. The molecule has 6 nitrogen and oxygen atoms in total. The molecule has 0 saturated heterocycles. The maximum Gasteiger partial charge on any atom is 0.438 e. The van der Waals surface area contributed by atoms with Crippen molar-refractivity contribution in [3.63, 3.8) is 0 Å². The molecule has 0 heterocycles. The van der Waals surface area contributed by atoms with Crippen LogP contribution in [0.15, 0.2) is 3.15 Å². The lowest BCUT2D eigenvalue weighted by molar-refractivity contribution is -0.134. The Morgan fingerprint density at radius 1 is 1.29 bits per heavy atom. The molecule has 1 aliphatic rings. The summed E-state index contributed by atoms with van der Waals surface area (Å²) in [4.78, 5) is 25.2. The van der Waals surface area contributed by atoms with Crippen LogP contribution < -0.4 is 0 Å². The zero-order valence-electron chi connectivity index (χ0n) is 13.3. The Kier molecular flexibility index (Phi) is 6.71. The van der Waals surface area contributed by atoms with Crippen molar-refractivity contribution in [2.24, 2.45) is 9.06 Å². The fourth-order valence-electron chi connectivity index (χ4n) is 2.18. The first-order valence-electron chi connectivity index (χ1n) is 7.06. The molecule has 0 spiro atoms. The van der Waals surface area contributed by atoms with E-state index in [4.69, 9.17) is 4.74 Å². The fraction of sp³-hybridized carbons (Fsp3) is 0.857. The van der Waals surface area contributed by atoms with Crippen LogP contribution in [0.25, 0.3) is 0 Å². The number of rotatable bonds is 2. The second-order valence-electron chi connectivity index (χ2n) is 6.49. The van der Waals surface area contributed by atoms with E-state index in [-0.39, 0.29) is 15.7 Å². The molecule has 0 aromatic heterocycles. The van der Waals surface area contributed by atoms with Crippen LogP contribution in [-0.2, 0) is 9.53 Å². The van der Waals surface area contributed by atoms with Crippen molar-refractivity contribution in [2.75, 3.05) is 14.1 Å². The van der Waals surface area contributed by atoms with Gasteiger partial charge in [0.25, 0.3) is 0 Å². The first kappa shape index (κ1) is 18.5. The highest BCUT2D eigenvalue weighted by Crippen LogP contribution is 2.34. The van der Waals surface area contributed by atoms with Crippen molar-refractivity contribution in [3.8, 4) is 0 Å². The number of hydrogen-bond donors (Lipinski definition) is 1. The number of carbonyl (C=O) groups is 2. The Bertz CT molecular complexity index is 418. The summed E-state index contributed by atoms with van der Waals surface area (Å²) < 4.78 is 9.07. The maximum atomic E-state index is 12.0. The molecule has 1 fully saturated rings. The van der Waals surface area contributed by atoms with Gasteiger partial charge in [-0.05, 0) is 40.0 Å². The third-order valence-corrected chi connectivity index (χ3v) is 5.89. The Hall–Kier alpha value is -0.570. The molecule has 2 amide bonds. The van der Waals surface area contributed by atoms with Gasteiger partial charge >= 0.3 is 6.09 Å². The van der Waals surface area contributed by atoms with Crippen LogP contribution in [0, 0.1) is 5.92 Å². The molecule has 0 radical (unpaired) electrons. The van der Waals surface area contributed by atoms with Crippen molar-refractivity contribution in [1.82, 2.24) is 4.90 Å². The summed E-state index contributed by atoms with van der Waals surface area (Å²) in [6, 6.07) is 0. The largest absolute Gasteiger partial charge is 0.442 e. The molecule has 1 unspecified atom stereocenters. The number of ether oxygens (including phenoxy) is 1. The van der Waals surface area contributed by atoms with Gasteiger partial charge in [-0.1, -0.05) is 0 Å². The molecule has 1 rings (SSSR count). The number of carbonyl (C=O) groups excluding carboxylic acids is 2. The summed E-state index contributed by atoms with van der Waals surface area (Å²) in [7, 11) is 3.48. The van der Waals surface area contributed by atoms with E-state index in [1.54, 1.807) is 39.8 Å². The first-order valence-corrected chi connectivity index (χ1v) is 9.27. The predicted molar refractivity (Wildman–Crippen MR) is 88.5 cm³/mol. The SMILES string of the molecule is CN(C)C(=O)[C@H]1CC[C@@H](O)C(I=NC(=O)OC(C)(C)C)C1. The molecule has 1 saturated carbocycles. The lowest BCUT2D eigenvalue weighted by Gasteiger charge is -2.31. The van der Waals surface area contributed by atoms with Gasteiger partial charge in [-0.25, -0.2) is 4.79 Å². The van der Waals surface area contributed by atoms with E-state index in [2.05, 4.69) is 3.15 Å². The predicted octanol–water partition coefficient (Wildman–Crippen LogP) is 2.69. The van der Waals surface area contributed by atoms with Crippen LogP contribution >= 0.6 is 21.0 Å². The number of hydrogen-bond acceptors (Lipinski definition) is 4. The monoisotopic (exact) mass is 412 g/mol. The van der Waals surface area contributed by atoms with E-state index < -0.39 is 38.8 Å². The lowest BCUT2D eigenvalue weighted by Crippen LogP contribution is -2.38. The quantitative estimate of drug-likeness (QED) is 0.559. The molecule has 0 aliphatic heterocycles. The smallest absolute Gasteiger partial charge is 0.438 e. The fourth-order valence-corrected chi connectivity index (χ4v) is 4.43. The van der Waals surface area contributed by atoms with Gasteiger partial charge in [0.15, 0.2) is 0 Å². The Morgan fingerprint density at radius 2 is 1.90 bits per heavy atom. The van der Waals surface area contributed by atoms with E-state index in [0.717, 1.165) is 0 Å². The van der Waals surface area contributed by atoms with Crippen LogP contribution in [-0.4, -0.2) is 51.7 Å². The first-order chi connectivity index (χ1) is 9.60. The molecule has 0 bridgehead atoms. The highest BCUT2D eigenvalue weighted by atomic mass is 127. The lowest BCUT2D eigenvalue weighted by atomic mass is 9.86. The van der Waals surface area contributed by atoms with Gasteiger partial charge in [0.1, 0.15) is 5.60 Å². The van der Waals surface area contributed by atoms with Crippen molar-refractivity contribution < 1.29 is 19.4 Å². The minimum Gasteiger partial charge on any atom is -0.442 e. The Labute approximate surface area is 136 Å². The van der Waals surface area contributed by atoms with Crippen molar-refractivity contribution in [3.05, 3.63) is 0 Å². The van der Waals surface area contributed by atoms with Crippen LogP contribution in [0.1, 0.15) is 40.0 Å². The van der Waals surface area contributed by atoms with Crippen molar-refractivity contribution in [1.29, 1.82) is 0 Å². The second kappa shape index (κ2) is 7.62. The molecule has 0 aromatic rings. The van der Waals surface area contributed by atoms with Crippen LogP contribution in [0.2, 0.25) is 0 Å². The highest BCUT2D eigenvalue weighted by Gasteiger charge is 2.33. The Morgan fingerprint density at radius 3 is 2.43 bits per heavy atom. The minimum absolute atomic E-state index is 0.0565. The summed E-state index contributed by atoms with van der Waals surface area (Å²) in [6.45, 7) is 5.37. The van der Waals surface area contributed by atoms with Gasteiger partial charge in [0.2, 0.25) is 5.91 Å². The van der Waals surface area contributed by atoms with Gasteiger partial charge < -0.3 is 14.7 Å². The molecule has 7 heteroatoms. The number of nitrogens with zero attached hydrogens (tertiary/aromatic N) is 2. The molecule has 3 atom stereocenters. The topological polar surface area (TPSA) is 79.2 Å². The molecule has 21 heavy (non-hydrogen) atoms. The van der Waals surface area contributed by atoms with Crippen molar-refractivity contribution in [2.45, 2.75) is 55.7 Å². The molecule has 1 N–H and O–H groups in total. The normalized spacial score (nSPS) is 27.0. The van der Waals surface area contributed by atoms with Crippen LogP contribution in [0.5, 0.6) is 0 Å². The van der Waals surface area contributed by atoms with Gasteiger partial charge in [0.05, 0.1) is 6.10 Å². The zero-order valence-corrected chi connectivity index (χ0v) is 15.5. The summed E-state index contributed by atoms with van der Waals surface area (Å²) in [6.07, 6.45) is 0.875. The Balaban J connectivity index is 2.64. The third kappa shape index (κ3) is 6.37. The van der Waals surface area contributed by atoms with Gasteiger partial charge in [-0.2, -0.15) is 3.15 Å². The van der Waals surface area contributed by atoms with Crippen LogP contribution in [0.4, 0.5) is 4.79 Å². The summed E-state index contributed by atoms with van der Waals surface area (Å²) in [5.41, 5.74) is -0.557. The average Bonchev–Trinajstić information content (AvgIpc) is 2.34. The van der Waals surface area contributed by atoms with E-state index >= 15 is 0 Å². The number of halogens is 1. The summed E-state index contributed by atoms with van der Waals surface area (Å²) in [5, 5.41) is 10.0. The number of alkyl halides is 1. The van der Waals surface area contributed by atoms with E-state index in [0.29, 0.717) is 19.3 Å². The number of aliphatic hydroxyl groups excluding tert-OH is 1. The molecular formula is C14H25IN2O4. The van der Waals surface area contributed by atoms with Gasteiger partial charge in [0, 0.05) is 45.0 Å². The third-order valence-electron chi connectivity index (χ3n) is 3.16. The van der Waals surface area contributed by atoms with Crippen molar-refractivity contribution >= 4 is 33.0 Å². The standard InChI is InChI=1S/C14H25IN2O4/c1-14(2,3)21-13(20)16-15-10-8-9(6-7-11(10)18)12(19)17(4)5/h9-11,18H,6-8H2,1-5H3/t9-,10?,11+/m0/s1. The molecular weight excluding hydrogens is 387 g/mol. The maximum absolute atomic E-state index is 12.0. The van der Waals surface area contributed by atoms with Gasteiger partial charge in [-0.3, -0.25) is 4.79 Å². The highest BCUT2D eigenvalue weighted by molar-refractivity contribution is 14.2. The second-order valence-corrected chi connectivity index (χ2v) is 9.13. The van der Waals surface area contributed by atoms with Crippen LogP contribution in [0.3, 0.4) is 0 Å².